The topological polar surface area (TPSA) is 79.3 Å². The van der Waals surface area contributed by atoms with E-state index in [1.54, 1.807) is 16.8 Å². The van der Waals surface area contributed by atoms with E-state index in [9.17, 15) is 9.59 Å². The molecule has 3 amide bonds. The zero-order valence-corrected chi connectivity index (χ0v) is 22.7. The summed E-state index contributed by atoms with van der Waals surface area (Å²) in [6.07, 6.45) is 1.68. The van der Waals surface area contributed by atoms with Gasteiger partial charge >= 0.3 is 6.03 Å². The predicted octanol–water partition coefficient (Wildman–Crippen LogP) is 6.71. The number of amides is 3. The van der Waals surface area contributed by atoms with Crippen molar-refractivity contribution in [3.05, 3.63) is 70.4 Å². The molecule has 3 rings (SSSR count). The summed E-state index contributed by atoms with van der Waals surface area (Å²) >= 11 is 6.21. The molecule has 36 heavy (non-hydrogen) atoms. The summed E-state index contributed by atoms with van der Waals surface area (Å²) in [4.78, 5) is 27.7. The van der Waals surface area contributed by atoms with Crippen molar-refractivity contribution in [3.8, 4) is 5.69 Å². The molecule has 192 valence electrons. The van der Waals surface area contributed by atoms with Crippen molar-refractivity contribution in [2.75, 3.05) is 23.7 Å². The maximum atomic E-state index is 13.2. The molecule has 0 bridgehead atoms. The molecular weight excluding hydrogens is 474 g/mol. The number of nitrogens with zero attached hydrogens (tertiary/aromatic N) is 3. The van der Waals surface area contributed by atoms with Gasteiger partial charge in [0.15, 0.2) is 0 Å². The van der Waals surface area contributed by atoms with E-state index in [4.69, 9.17) is 16.7 Å². The first-order valence-electron chi connectivity index (χ1n) is 12.3. The fourth-order valence-electron chi connectivity index (χ4n) is 3.65. The lowest BCUT2D eigenvalue weighted by molar-refractivity contribution is -0.116. The van der Waals surface area contributed by atoms with Crippen LogP contribution in [0, 0.1) is 13.8 Å². The van der Waals surface area contributed by atoms with Crippen LogP contribution < -0.4 is 10.6 Å². The first-order chi connectivity index (χ1) is 17.0. The number of aromatic nitrogens is 2. The monoisotopic (exact) mass is 509 g/mol. The third kappa shape index (κ3) is 6.88. The Bertz CT molecular complexity index is 1230. The van der Waals surface area contributed by atoms with Crippen molar-refractivity contribution in [3.63, 3.8) is 0 Å². The number of carbonyl (C=O) groups excluding carboxylic acids is 2. The molecule has 0 aliphatic heterocycles. The molecule has 0 aliphatic carbocycles. The zero-order valence-electron chi connectivity index (χ0n) is 22.0. The van der Waals surface area contributed by atoms with E-state index in [1.807, 2.05) is 57.2 Å². The molecule has 0 spiro atoms. The highest BCUT2D eigenvalue weighted by Crippen LogP contribution is 2.27. The SMILES string of the molecule is CCCCN(CC(=O)Nc1cc(C(C)(C)C)nn1-c1ccccc1C)C(=O)Nc1ccc(C)c(Cl)c1. The Labute approximate surface area is 218 Å². The van der Waals surface area contributed by atoms with Crippen molar-refractivity contribution in [1.29, 1.82) is 0 Å². The summed E-state index contributed by atoms with van der Waals surface area (Å²) in [7, 11) is 0. The Morgan fingerprint density at radius 2 is 1.75 bits per heavy atom. The van der Waals surface area contributed by atoms with Crippen LogP contribution in [-0.2, 0) is 10.2 Å². The van der Waals surface area contributed by atoms with Crippen LogP contribution in [0.4, 0.5) is 16.3 Å². The summed E-state index contributed by atoms with van der Waals surface area (Å²) in [5.74, 6) is 0.277. The Hall–Kier alpha value is -3.32. The second-order valence-corrected chi connectivity index (χ2v) is 10.5. The van der Waals surface area contributed by atoms with E-state index in [-0.39, 0.29) is 23.9 Å². The molecule has 7 nitrogen and oxygen atoms in total. The van der Waals surface area contributed by atoms with Crippen LogP contribution in [0.2, 0.25) is 5.02 Å². The van der Waals surface area contributed by atoms with Gasteiger partial charge in [-0.25, -0.2) is 9.48 Å². The number of aryl methyl sites for hydroxylation is 2. The number of nitrogens with one attached hydrogen (secondary N) is 2. The highest BCUT2D eigenvalue weighted by atomic mass is 35.5. The van der Waals surface area contributed by atoms with E-state index < -0.39 is 0 Å². The van der Waals surface area contributed by atoms with Crippen molar-refractivity contribution in [1.82, 2.24) is 14.7 Å². The first-order valence-corrected chi connectivity index (χ1v) is 12.7. The molecule has 1 aromatic heterocycles. The number of unbranched alkanes of at least 4 members (excludes halogenated alkanes) is 1. The lowest BCUT2D eigenvalue weighted by Gasteiger charge is -2.23. The van der Waals surface area contributed by atoms with E-state index in [0.29, 0.717) is 23.1 Å². The van der Waals surface area contributed by atoms with Crippen LogP contribution in [0.3, 0.4) is 0 Å². The van der Waals surface area contributed by atoms with Gasteiger partial charge in [-0.3, -0.25) is 4.79 Å². The van der Waals surface area contributed by atoms with Gasteiger partial charge in [-0.1, -0.05) is 70.0 Å². The van der Waals surface area contributed by atoms with Crippen LogP contribution in [-0.4, -0.2) is 39.7 Å². The van der Waals surface area contributed by atoms with E-state index in [2.05, 4.69) is 31.4 Å². The fourth-order valence-corrected chi connectivity index (χ4v) is 3.83. The molecule has 0 radical (unpaired) electrons. The summed E-state index contributed by atoms with van der Waals surface area (Å²) in [5, 5.41) is 11.2. The average molecular weight is 510 g/mol. The molecule has 1 heterocycles. The molecule has 0 saturated heterocycles. The van der Waals surface area contributed by atoms with E-state index in [1.165, 1.54) is 4.90 Å². The molecular formula is C28H36ClN5O2. The number of urea groups is 1. The van der Waals surface area contributed by atoms with E-state index >= 15 is 0 Å². The Morgan fingerprint density at radius 1 is 1.03 bits per heavy atom. The van der Waals surface area contributed by atoms with Gasteiger partial charge in [-0.2, -0.15) is 5.10 Å². The molecule has 0 unspecified atom stereocenters. The van der Waals surface area contributed by atoms with Gasteiger partial charge in [-0.15, -0.1) is 0 Å². The molecule has 0 saturated carbocycles. The summed E-state index contributed by atoms with van der Waals surface area (Å²) in [6, 6.07) is 14.8. The summed E-state index contributed by atoms with van der Waals surface area (Å²) in [5.41, 5.74) is 4.10. The smallest absolute Gasteiger partial charge is 0.315 e. The number of para-hydroxylation sites is 1. The molecule has 8 heteroatoms. The van der Waals surface area contributed by atoms with Gasteiger partial charge in [0.1, 0.15) is 12.4 Å². The molecule has 0 atom stereocenters. The molecule has 2 aromatic carbocycles. The normalized spacial score (nSPS) is 11.3. The highest BCUT2D eigenvalue weighted by molar-refractivity contribution is 6.31. The largest absolute Gasteiger partial charge is 0.322 e. The lowest BCUT2D eigenvalue weighted by Crippen LogP contribution is -2.41. The number of anilines is 2. The number of hydrogen-bond donors (Lipinski definition) is 2. The third-order valence-electron chi connectivity index (χ3n) is 5.92. The predicted molar refractivity (Wildman–Crippen MR) is 147 cm³/mol. The average Bonchev–Trinajstić information content (AvgIpc) is 3.23. The standard InChI is InChI=1S/C28H36ClN5O2/c1-7-8-15-33(27(36)30-21-14-13-19(2)22(29)16-21)18-26(35)31-25-17-24(28(4,5)6)32-34(25)23-12-10-9-11-20(23)3/h9-14,16-17H,7-8,15,18H2,1-6H3,(H,30,36)(H,31,35). The Kier molecular flexibility index (Phi) is 8.79. The van der Waals surface area contributed by atoms with Gasteiger partial charge in [0.05, 0.1) is 11.4 Å². The zero-order chi connectivity index (χ0) is 26.5. The number of rotatable bonds is 8. The van der Waals surface area contributed by atoms with Crippen molar-refractivity contribution in [2.45, 2.75) is 59.8 Å². The van der Waals surface area contributed by atoms with Crippen molar-refractivity contribution in [2.24, 2.45) is 0 Å². The highest BCUT2D eigenvalue weighted by Gasteiger charge is 2.23. The van der Waals surface area contributed by atoms with Crippen LogP contribution in [0.1, 0.15) is 57.4 Å². The van der Waals surface area contributed by atoms with Crippen LogP contribution >= 0.6 is 11.6 Å². The number of halogens is 1. The quantitative estimate of drug-likeness (QED) is 0.354. The molecule has 0 aliphatic rings. The summed E-state index contributed by atoms with van der Waals surface area (Å²) in [6.45, 7) is 12.6. The third-order valence-corrected chi connectivity index (χ3v) is 6.32. The van der Waals surface area contributed by atoms with Gasteiger partial charge in [0.2, 0.25) is 5.91 Å². The first kappa shape index (κ1) is 27.3. The minimum absolute atomic E-state index is 0.0881. The van der Waals surface area contributed by atoms with Gasteiger partial charge in [0.25, 0.3) is 0 Å². The Balaban J connectivity index is 1.82. The van der Waals surface area contributed by atoms with Crippen LogP contribution in [0.5, 0.6) is 0 Å². The Morgan fingerprint density at radius 3 is 2.39 bits per heavy atom. The molecule has 0 fully saturated rings. The second kappa shape index (κ2) is 11.6. The number of hydrogen-bond acceptors (Lipinski definition) is 3. The number of carbonyl (C=O) groups is 2. The van der Waals surface area contributed by atoms with Gasteiger partial charge in [0, 0.05) is 28.7 Å². The van der Waals surface area contributed by atoms with E-state index in [0.717, 1.165) is 35.3 Å². The van der Waals surface area contributed by atoms with Gasteiger partial charge < -0.3 is 15.5 Å². The number of benzene rings is 2. The molecule has 2 N–H and O–H groups in total. The van der Waals surface area contributed by atoms with Crippen LogP contribution in [0.25, 0.3) is 5.69 Å². The maximum Gasteiger partial charge on any atom is 0.322 e. The fraction of sp³-hybridized carbons (Fsp3) is 0.393. The minimum Gasteiger partial charge on any atom is -0.315 e. The lowest BCUT2D eigenvalue weighted by atomic mass is 9.92. The summed E-state index contributed by atoms with van der Waals surface area (Å²) < 4.78 is 1.76. The van der Waals surface area contributed by atoms with Crippen molar-refractivity contribution < 1.29 is 9.59 Å². The molecule has 3 aromatic rings. The van der Waals surface area contributed by atoms with Crippen molar-refractivity contribution >= 4 is 35.0 Å². The minimum atomic E-state index is -0.346. The van der Waals surface area contributed by atoms with Gasteiger partial charge in [-0.05, 0) is 49.6 Å². The van der Waals surface area contributed by atoms with Crippen LogP contribution in [0.15, 0.2) is 48.5 Å². The maximum absolute atomic E-state index is 13.2. The second-order valence-electron chi connectivity index (χ2n) is 10.1.